The Labute approximate surface area is 111 Å². The second-order valence-electron chi connectivity index (χ2n) is 4.36. The second kappa shape index (κ2) is 6.15. The fraction of sp³-hybridized carbons (Fsp3) is 0.286. The number of benzene rings is 1. The highest BCUT2D eigenvalue weighted by Crippen LogP contribution is 2.14. The van der Waals surface area contributed by atoms with Crippen molar-refractivity contribution in [3.63, 3.8) is 0 Å². The minimum atomic E-state index is -0.388. The quantitative estimate of drug-likeness (QED) is 0.640. The number of nitrogens with zero attached hydrogens (tertiary/aromatic N) is 1. The van der Waals surface area contributed by atoms with Gasteiger partial charge in [0, 0.05) is 12.1 Å². The lowest BCUT2D eigenvalue weighted by Gasteiger charge is -2.10. The molecule has 0 amide bonds. The van der Waals surface area contributed by atoms with Crippen LogP contribution in [-0.4, -0.2) is 11.5 Å². The molecule has 2 aromatic rings. The van der Waals surface area contributed by atoms with Gasteiger partial charge in [-0.25, -0.2) is 0 Å². The van der Waals surface area contributed by atoms with Crippen LogP contribution in [0.1, 0.15) is 24.3 Å². The van der Waals surface area contributed by atoms with E-state index >= 15 is 0 Å². The Morgan fingerprint density at radius 2 is 2.05 bits per heavy atom. The maximum atomic E-state index is 10.5. The van der Waals surface area contributed by atoms with E-state index in [1.54, 1.807) is 18.4 Å². The van der Waals surface area contributed by atoms with Crippen LogP contribution in [0.2, 0.25) is 0 Å². The van der Waals surface area contributed by atoms with Crippen molar-refractivity contribution in [2.75, 3.05) is 6.54 Å². The van der Waals surface area contributed by atoms with Crippen LogP contribution in [0.4, 0.5) is 5.69 Å². The highest BCUT2D eigenvalue weighted by molar-refractivity contribution is 5.32. The Morgan fingerprint density at radius 3 is 2.63 bits per heavy atom. The monoisotopic (exact) mass is 260 g/mol. The zero-order valence-corrected chi connectivity index (χ0v) is 10.7. The van der Waals surface area contributed by atoms with E-state index in [-0.39, 0.29) is 16.7 Å². The molecule has 0 spiro atoms. The lowest BCUT2D eigenvalue weighted by molar-refractivity contribution is -0.384. The lowest BCUT2D eigenvalue weighted by atomic mass is 10.1. The molecular formula is C14H16N2O3. The molecule has 1 atom stereocenters. The van der Waals surface area contributed by atoms with E-state index in [4.69, 9.17) is 4.42 Å². The Hall–Kier alpha value is -2.14. The molecule has 5 heteroatoms. The smallest absolute Gasteiger partial charge is 0.269 e. The summed E-state index contributed by atoms with van der Waals surface area (Å²) in [6, 6.07) is 10.6. The fourth-order valence-corrected chi connectivity index (χ4v) is 1.86. The summed E-state index contributed by atoms with van der Waals surface area (Å²) in [6.07, 6.45) is 2.48. The molecule has 0 fully saturated rings. The van der Waals surface area contributed by atoms with E-state index < -0.39 is 0 Å². The van der Waals surface area contributed by atoms with Crippen LogP contribution in [0.3, 0.4) is 0 Å². The van der Waals surface area contributed by atoms with Gasteiger partial charge in [-0.1, -0.05) is 12.1 Å². The van der Waals surface area contributed by atoms with Crippen molar-refractivity contribution >= 4 is 5.69 Å². The number of hydrogen-bond donors (Lipinski definition) is 1. The molecule has 1 unspecified atom stereocenters. The first kappa shape index (κ1) is 13.3. The van der Waals surface area contributed by atoms with Gasteiger partial charge in [0.15, 0.2) is 0 Å². The number of hydrogen-bond acceptors (Lipinski definition) is 4. The zero-order valence-electron chi connectivity index (χ0n) is 10.7. The van der Waals surface area contributed by atoms with Gasteiger partial charge in [0.05, 0.1) is 17.2 Å². The fourth-order valence-electron chi connectivity index (χ4n) is 1.86. The predicted molar refractivity (Wildman–Crippen MR) is 71.9 cm³/mol. The standard InChI is InChI=1S/C14H16N2O3/c1-11(14-3-2-10-19-14)15-9-8-12-4-6-13(7-5-12)16(17)18/h2-7,10-11,15H,8-9H2,1H3. The SMILES string of the molecule is CC(NCCc1ccc([N+](=O)[O-])cc1)c1ccco1. The summed E-state index contributed by atoms with van der Waals surface area (Å²) in [5, 5.41) is 13.9. The van der Waals surface area contributed by atoms with Gasteiger partial charge < -0.3 is 9.73 Å². The number of furan rings is 1. The zero-order chi connectivity index (χ0) is 13.7. The van der Waals surface area contributed by atoms with Gasteiger partial charge >= 0.3 is 0 Å². The van der Waals surface area contributed by atoms with Crippen LogP contribution < -0.4 is 5.32 Å². The molecule has 1 N–H and O–H groups in total. The molecule has 0 radical (unpaired) electrons. The van der Waals surface area contributed by atoms with Gasteiger partial charge in [-0.05, 0) is 37.6 Å². The molecule has 0 aliphatic carbocycles. The number of non-ortho nitro benzene ring substituents is 1. The van der Waals surface area contributed by atoms with Gasteiger partial charge in [-0.2, -0.15) is 0 Å². The molecule has 0 saturated heterocycles. The normalized spacial score (nSPS) is 12.3. The Kier molecular flexibility index (Phi) is 4.30. The molecule has 2 rings (SSSR count). The lowest BCUT2D eigenvalue weighted by Crippen LogP contribution is -2.20. The van der Waals surface area contributed by atoms with Gasteiger partial charge in [-0.15, -0.1) is 0 Å². The third kappa shape index (κ3) is 3.66. The molecule has 0 saturated carbocycles. The molecule has 0 bridgehead atoms. The van der Waals surface area contributed by atoms with Crippen molar-refractivity contribution in [1.29, 1.82) is 0 Å². The number of nitro groups is 1. The molecule has 0 aliphatic rings. The summed E-state index contributed by atoms with van der Waals surface area (Å²) < 4.78 is 5.30. The topological polar surface area (TPSA) is 68.3 Å². The number of nitro benzene ring substituents is 1. The summed E-state index contributed by atoms with van der Waals surface area (Å²) in [7, 11) is 0. The van der Waals surface area contributed by atoms with Crippen LogP contribution in [0.15, 0.2) is 47.1 Å². The summed E-state index contributed by atoms with van der Waals surface area (Å²) >= 11 is 0. The van der Waals surface area contributed by atoms with E-state index in [0.29, 0.717) is 0 Å². The highest BCUT2D eigenvalue weighted by Gasteiger charge is 2.07. The van der Waals surface area contributed by atoms with Crippen LogP contribution >= 0.6 is 0 Å². The van der Waals surface area contributed by atoms with Crippen molar-refractivity contribution in [3.8, 4) is 0 Å². The molecule has 1 aromatic carbocycles. The van der Waals surface area contributed by atoms with Crippen molar-refractivity contribution in [1.82, 2.24) is 5.32 Å². The van der Waals surface area contributed by atoms with Gasteiger partial charge in [-0.3, -0.25) is 10.1 Å². The summed E-state index contributed by atoms with van der Waals surface area (Å²) in [6.45, 7) is 2.83. The maximum absolute atomic E-state index is 10.5. The Bertz CT molecular complexity index is 520. The van der Waals surface area contributed by atoms with Crippen molar-refractivity contribution in [3.05, 3.63) is 64.1 Å². The van der Waals surface area contributed by atoms with E-state index in [0.717, 1.165) is 24.3 Å². The van der Waals surface area contributed by atoms with Gasteiger partial charge in [0.2, 0.25) is 0 Å². The molecular weight excluding hydrogens is 244 g/mol. The van der Waals surface area contributed by atoms with Crippen molar-refractivity contribution in [2.45, 2.75) is 19.4 Å². The third-order valence-electron chi connectivity index (χ3n) is 2.98. The van der Waals surface area contributed by atoms with Crippen LogP contribution in [0.5, 0.6) is 0 Å². The minimum Gasteiger partial charge on any atom is -0.468 e. The Morgan fingerprint density at radius 1 is 1.32 bits per heavy atom. The average molecular weight is 260 g/mol. The van der Waals surface area contributed by atoms with Gasteiger partial charge in [0.25, 0.3) is 5.69 Å². The minimum absolute atomic E-state index is 0.126. The van der Waals surface area contributed by atoms with Crippen LogP contribution in [0.25, 0.3) is 0 Å². The molecule has 19 heavy (non-hydrogen) atoms. The van der Waals surface area contributed by atoms with E-state index in [1.165, 1.54) is 12.1 Å². The highest BCUT2D eigenvalue weighted by atomic mass is 16.6. The maximum Gasteiger partial charge on any atom is 0.269 e. The van der Waals surface area contributed by atoms with Crippen LogP contribution in [0, 0.1) is 10.1 Å². The molecule has 5 nitrogen and oxygen atoms in total. The molecule has 1 aromatic heterocycles. The largest absolute Gasteiger partial charge is 0.468 e. The molecule has 100 valence electrons. The van der Waals surface area contributed by atoms with Crippen LogP contribution in [-0.2, 0) is 6.42 Å². The second-order valence-corrected chi connectivity index (χ2v) is 4.36. The van der Waals surface area contributed by atoms with Gasteiger partial charge in [0.1, 0.15) is 5.76 Å². The Balaban J connectivity index is 1.81. The third-order valence-corrected chi connectivity index (χ3v) is 2.98. The van der Waals surface area contributed by atoms with E-state index in [1.807, 2.05) is 19.1 Å². The van der Waals surface area contributed by atoms with E-state index in [2.05, 4.69) is 5.32 Å². The molecule has 0 aliphatic heterocycles. The van der Waals surface area contributed by atoms with Crippen molar-refractivity contribution < 1.29 is 9.34 Å². The number of rotatable bonds is 6. The average Bonchev–Trinajstić information content (AvgIpc) is 2.93. The van der Waals surface area contributed by atoms with E-state index in [9.17, 15) is 10.1 Å². The first-order chi connectivity index (χ1) is 9.16. The number of nitrogens with one attached hydrogen (secondary N) is 1. The summed E-state index contributed by atoms with van der Waals surface area (Å²) in [4.78, 5) is 10.1. The van der Waals surface area contributed by atoms with Crippen molar-refractivity contribution in [2.24, 2.45) is 0 Å². The first-order valence-corrected chi connectivity index (χ1v) is 6.17. The molecule has 1 heterocycles. The summed E-state index contributed by atoms with van der Waals surface area (Å²) in [5.74, 6) is 0.906. The predicted octanol–water partition coefficient (Wildman–Crippen LogP) is 3.08. The first-order valence-electron chi connectivity index (χ1n) is 6.17. The summed E-state index contributed by atoms with van der Waals surface area (Å²) in [5.41, 5.74) is 1.20.